The zero-order valence-electron chi connectivity index (χ0n) is 18.5. The maximum atomic E-state index is 13.1. The quantitative estimate of drug-likeness (QED) is 0.462. The maximum Gasteiger partial charge on any atom is 0.265 e. The van der Waals surface area contributed by atoms with Crippen molar-refractivity contribution in [1.29, 1.82) is 0 Å². The molecule has 1 amide bonds. The van der Waals surface area contributed by atoms with E-state index in [9.17, 15) is 22.7 Å². The number of alkyl halides is 1. The minimum Gasteiger partial charge on any atom is -0.492 e. The molecule has 0 fully saturated rings. The van der Waals surface area contributed by atoms with Gasteiger partial charge in [-0.25, -0.2) is 12.8 Å². The van der Waals surface area contributed by atoms with Gasteiger partial charge in [0.2, 0.25) is 12.3 Å². The first-order valence-corrected chi connectivity index (χ1v) is 11.7. The second-order valence-electron chi connectivity index (χ2n) is 7.41. The van der Waals surface area contributed by atoms with E-state index < -0.39 is 22.3 Å². The standard InChI is InChI=1S/C22H29FN2O6S/c1-5-30-20-12-16(24-22(27)19(13-26)14(2)3)9-10-21(20)32(28,29)25-17-7-6-8-18(11-17)31-15(4)23/h6-12,14-15,19,25-26H,5,13H2,1-4H3,(H,24,27)/t15?,19-/m0/s1. The monoisotopic (exact) mass is 468 g/mol. The predicted molar refractivity (Wildman–Crippen MR) is 120 cm³/mol. The molecule has 0 aliphatic rings. The van der Waals surface area contributed by atoms with E-state index in [1.165, 1.54) is 49.4 Å². The topological polar surface area (TPSA) is 114 Å². The highest BCUT2D eigenvalue weighted by molar-refractivity contribution is 7.92. The lowest BCUT2D eigenvalue weighted by molar-refractivity contribution is -0.122. The Balaban J connectivity index is 2.30. The molecule has 3 N–H and O–H groups in total. The molecule has 0 spiro atoms. The van der Waals surface area contributed by atoms with Crippen LogP contribution < -0.4 is 19.5 Å². The summed E-state index contributed by atoms with van der Waals surface area (Å²) < 4.78 is 51.9. The number of aliphatic hydroxyl groups excluding tert-OH is 1. The molecule has 0 aliphatic carbocycles. The number of halogens is 1. The summed E-state index contributed by atoms with van der Waals surface area (Å²) in [6, 6.07) is 10.1. The number of nitrogens with one attached hydrogen (secondary N) is 2. The highest BCUT2D eigenvalue weighted by Crippen LogP contribution is 2.30. The number of amides is 1. The molecule has 2 aromatic carbocycles. The molecule has 10 heteroatoms. The highest BCUT2D eigenvalue weighted by Gasteiger charge is 2.24. The second kappa shape index (κ2) is 11.1. The molecular formula is C22H29FN2O6S. The lowest BCUT2D eigenvalue weighted by atomic mass is 9.96. The number of sulfonamides is 1. The van der Waals surface area contributed by atoms with Crippen molar-refractivity contribution in [3.8, 4) is 11.5 Å². The summed E-state index contributed by atoms with van der Waals surface area (Å²) >= 11 is 0. The largest absolute Gasteiger partial charge is 0.492 e. The Morgan fingerprint density at radius 1 is 1.12 bits per heavy atom. The summed E-state index contributed by atoms with van der Waals surface area (Å²) in [6.45, 7) is 6.46. The normalized spacial score (nSPS) is 13.3. The van der Waals surface area contributed by atoms with Crippen LogP contribution in [0.3, 0.4) is 0 Å². The average molecular weight is 469 g/mol. The number of hydrogen-bond acceptors (Lipinski definition) is 6. The zero-order chi connectivity index (χ0) is 23.9. The minimum absolute atomic E-state index is 0.0488. The lowest BCUT2D eigenvalue weighted by Gasteiger charge is -2.19. The fraction of sp³-hybridized carbons (Fsp3) is 0.409. The van der Waals surface area contributed by atoms with Gasteiger partial charge in [0.1, 0.15) is 16.4 Å². The van der Waals surface area contributed by atoms with Crippen molar-refractivity contribution in [2.45, 2.75) is 38.9 Å². The van der Waals surface area contributed by atoms with Crippen LogP contribution in [0, 0.1) is 11.8 Å². The molecular weight excluding hydrogens is 439 g/mol. The first kappa shape index (κ1) is 25.4. The predicted octanol–water partition coefficient (Wildman–Crippen LogP) is 3.78. The van der Waals surface area contributed by atoms with Crippen molar-refractivity contribution >= 4 is 27.3 Å². The third kappa shape index (κ3) is 6.83. The van der Waals surface area contributed by atoms with Crippen molar-refractivity contribution in [3.63, 3.8) is 0 Å². The number of ether oxygens (including phenoxy) is 2. The molecule has 0 saturated heterocycles. The van der Waals surface area contributed by atoms with Crippen LogP contribution in [0.4, 0.5) is 15.8 Å². The van der Waals surface area contributed by atoms with Gasteiger partial charge >= 0.3 is 0 Å². The van der Waals surface area contributed by atoms with Gasteiger partial charge in [-0.15, -0.1) is 0 Å². The van der Waals surface area contributed by atoms with Gasteiger partial charge in [0.05, 0.1) is 24.8 Å². The van der Waals surface area contributed by atoms with Crippen LogP contribution in [0.25, 0.3) is 0 Å². The Hall–Kier alpha value is -2.85. The molecule has 0 saturated carbocycles. The summed E-state index contributed by atoms with van der Waals surface area (Å²) in [4.78, 5) is 12.3. The summed E-state index contributed by atoms with van der Waals surface area (Å²) in [7, 11) is -4.07. The molecule has 0 aliphatic heterocycles. The van der Waals surface area contributed by atoms with Crippen molar-refractivity contribution in [3.05, 3.63) is 42.5 Å². The molecule has 2 rings (SSSR count). The fourth-order valence-electron chi connectivity index (χ4n) is 2.94. The van der Waals surface area contributed by atoms with E-state index in [4.69, 9.17) is 9.47 Å². The molecule has 176 valence electrons. The Bertz CT molecular complexity index is 1030. The van der Waals surface area contributed by atoms with Gasteiger partial charge in [0.15, 0.2) is 0 Å². The van der Waals surface area contributed by atoms with Crippen molar-refractivity contribution in [2.24, 2.45) is 11.8 Å². The second-order valence-corrected chi connectivity index (χ2v) is 9.06. The SMILES string of the molecule is CCOc1cc(NC(=O)[C@@H](CO)C(C)C)ccc1S(=O)(=O)Nc1cccc(OC(C)F)c1. The van der Waals surface area contributed by atoms with E-state index in [1.54, 1.807) is 6.92 Å². The summed E-state index contributed by atoms with van der Waals surface area (Å²) in [5.74, 6) is -0.829. The minimum atomic E-state index is -4.07. The van der Waals surface area contributed by atoms with E-state index >= 15 is 0 Å². The molecule has 0 radical (unpaired) electrons. The van der Waals surface area contributed by atoms with Gasteiger partial charge in [0, 0.05) is 24.7 Å². The maximum absolute atomic E-state index is 13.1. The van der Waals surface area contributed by atoms with Crippen molar-refractivity contribution in [1.82, 2.24) is 0 Å². The Kier molecular flexibility index (Phi) is 8.85. The van der Waals surface area contributed by atoms with Gasteiger partial charge in [-0.05, 0) is 37.1 Å². The van der Waals surface area contributed by atoms with Gasteiger partial charge in [0.25, 0.3) is 10.0 Å². The number of hydrogen-bond donors (Lipinski definition) is 3. The van der Waals surface area contributed by atoms with Crippen LogP contribution in [0.1, 0.15) is 27.7 Å². The van der Waals surface area contributed by atoms with Crippen LogP contribution in [0.5, 0.6) is 11.5 Å². The molecule has 0 aromatic heterocycles. The van der Waals surface area contributed by atoms with Crippen molar-refractivity contribution < 1.29 is 32.2 Å². The Morgan fingerprint density at radius 3 is 2.44 bits per heavy atom. The number of rotatable bonds is 11. The van der Waals surface area contributed by atoms with Crippen LogP contribution in [0.2, 0.25) is 0 Å². The summed E-state index contributed by atoms with van der Waals surface area (Å²) in [5.41, 5.74) is 0.523. The van der Waals surface area contributed by atoms with Crippen LogP contribution >= 0.6 is 0 Å². The van der Waals surface area contributed by atoms with Crippen molar-refractivity contribution in [2.75, 3.05) is 23.3 Å². The third-order valence-corrected chi connectivity index (χ3v) is 5.94. The molecule has 8 nitrogen and oxygen atoms in total. The van der Waals surface area contributed by atoms with E-state index in [1.807, 2.05) is 13.8 Å². The van der Waals surface area contributed by atoms with E-state index in [-0.39, 0.29) is 47.1 Å². The molecule has 0 heterocycles. The Morgan fingerprint density at radius 2 is 1.84 bits per heavy atom. The first-order chi connectivity index (χ1) is 15.1. The van der Waals surface area contributed by atoms with Gasteiger partial charge in [-0.1, -0.05) is 19.9 Å². The summed E-state index contributed by atoms with van der Waals surface area (Å²) in [5, 5.41) is 12.1. The van der Waals surface area contributed by atoms with Crippen LogP contribution in [-0.2, 0) is 14.8 Å². The number of anilines is 2. The number of carbonyl (C=O) groups is 1. The van der Waals surface area contributed by atoms with Gasteiger partial charge < -0.3 is 19.9 Å². The van der Waals surface area contributed by atoms with Gasteiger partial charge in [-0.2, -0.15) is 0 Å². The Labute approximate surface area is 187 Å². The number of aliphatic hydroxyl groups is 1. The van der Waals surface area contributed by atoms with Crippen LogP contribution in [-0.4, -0.2) is 39.0 Å². The molecule has 1 unspecified atom stereocenters. The number of carbonyl (C=O) groups excluding carboxylic acids is 1. The summed E-state index contributed by atoms with van der Waals surface area (Å²) in [6.07, 6.45) is -1.55. The lowest BCUT2D eigenvalue weighted by Crippen LogP contribution is -2.29. The smallest absolute Gasteiger partial charge is 0.265 e. The third-order valence-electron chi connectivity index (χ3n) is 4.52. The van der Waals surface area contributed by atoms with E-state index in [0.29, 0.717) is 5.69 Å². The van der Waals surface area contributed by atoms with Crippen LogP contribution in [0.15, 0.2) is 47.4 Å². The molecule has 32 heavy (non-hydrogen) atoms. The fourth-order valence-corrected chi connectivity index (χ4v) is 4.12. The van der Waals surface area contributed by atoms with E-state index in [2.05, 4.69) is 10.0 Å². The highest BCUT2D eigenvalue weighted by atomic mass is 32.2. The van der Waals surface area contributed by atoms with Gasteiger partial charge in [-0.3, -0.25) is 9.52 Å². The molecule has 0 bridgehead atoms. The average Bonchev–Trinajstić information content (AvgIpc) is 2.68. The zero-order valence-corrected chi connectivity index (χ0v) is 19.3. The number of benzene rings is 2. The molecule has 2 aromatic rings. The first-order valence-electron chi connectivity index (χ1n) is 10.2. The molecule has 2 atom stereocenters. The van der Waals surface area contributed by atoms with E-state index in [0.717, 1.165) is 0 Å².